The van der Waals surface area contributed by atoms with Gasteiger partial charge in [-0.15, -0.1) is 0 Å². The molecular formula is C14H10FNO2. The van der Waals surface area contributed by atoms with Crippen LogP contribution >= 0.6 is 0 Å². The summed E-state index contributed by atoms with van der Waals surface area (Å²) in [4.78, 5) is 0. The van der Waals surface area contributed by atoms with Gasteiger partial charge in [0.2, 0.25) is 0 Å². The second-order valence-corrected chi connectivity index (χ2v) is 3.51. The van der Waals surface area contributed by atoms with Crippen LogP contribution in [0.4, 0.5) is 4.39 Å². The van der Waals surface area contributed by atoms with E-state index in [9.17, 15) is 4.39 Å². The fraction of sp³-hybridized carbons (Fsp3) is 0.0714. The Kier molecular flexibility index (Phi) is 3.44. The van der Waals surface area contributed by atoms with Crippen LogP contribution in [0.1, 0.15) is 5.56 Å². The SMILES string of the molecule is COc1ccccc1Oc1ccc(F)cc1C#N. The fourth-order valence-electron chi connectivity index (χ4n) is 1.50. The molecule has 3 nitrogen and oxygen atoms in total. The van der Waals surface area contributed by atoms with Crippen molar-refractivity contribution in [2.45, 2.75) is 0 Å². The van der Waals surface area contributed by atoms with Crippen molar-refractivity contribution in [2.75, 3.05) is 7.11 Å². The van der Waals surface area contributed by atoms with Crippen LogP contribution in [-0.2, 0) is 0 Å². The number of benzene rings is 2. The molecule has 0 aliphatic carbocycles. The number of methoxy groups -OCH3 is 1. The number of para-hydroxylation sites is 2. The third-order valence-electron chi connectivity index (χ3n) is 2.35. The predicted octanol–water partition coefficient (Wildman–Crippen LogP) is 3.50. The van der Waals surface area contributed by atoms with Crippen LogP contribution in [-0.4, -0.2) is 7.11 Å². The molecule has 0 saturated heterocycles. The third-order valence-corrected chi connectivity index (χ3v) is 2.35. The standard InChI is InChI=1S/C14H10FNO2/c1-17-13-4-2-3-5-14(13)18-12-7-6-11(15)8-10(12)9-16/h2-8H,1H3. The second kappa shape index (κ2) is 5.19. The van der Waals surface area contributed by atoms with Crippen molar-refractivity contribution in [1.29, 1.82) is 5.26 Å². The molecule has 0 atom stereocenters. The van der Waals surface area contributed by atoms with Gasteiger partial charge in [0.05, 0.1) is 12.7 Å². The average Bonchev–Trinajstić information content (AvgIpc) is 2.41. The van der Waals surface area contributed by atoms with Gasteiger partial charge >= 0.3 is 0 Å². The summed E-state index contributed by atoms with van der Waals surface area (Å²) >= 11 is 0. The summed E-state index contributed by atoms with van der Waals surface area (Å²) in [5, 5.41) is 8.92. The van der Waals surface area contributed by atoms with Crippen molar-refractivity contribution >= 4 is 0 Å². The van der Waals surface area contributed by atoms with Crippen LogP contribution in [0.15, 0.2) is 42.5 Å². The highest BCUT2D eigenvalue weighted by Crippen LogP contribution is 2.32. The van der Waals surface area contributed by atoms with Crippen molar-refractivity contribution < 1.29 is 13.9 Å². The number of halogens is 1. The van der Waals surface area contributed by atoms with E-state index in [4.69, 9.17) is 14.7 Å². The molecule has 0 aromatic heterocycles. The molecule has 2 rings (SSSR count). The Morgan fingerprint density at radius 1 is 1.06 bits per heavy atom. The van der Waals surface area contributed by atoms with E-state index in [1.54, 1.807) is 18.2 Å². The van der Waals surface area contributed by atoms with E-state index in [1.165, 1.54) is 19.2 Å². The molecule has 0 saturated carbocycles. The molecule has 0 fully saturated rings. The normalized spacial score (nSPS) is 9.61. The number of hydrogen-bond acceptors (Lipinski definition) is 3. The average molecular weight is 243 g/mol. The predicted molar refractivity (Wildman–Crippen MR) is 64.2 cm³/mol. The minimum absolute atomic E-state index is 0.140. The van der Waals surface area contributed by atoms with Gasteiger partial charge in [0.1, 0.15) is 17.6 Å². The molecule has 0 aliphatic heterocycles. The van der Waals surface area contributed by atoms with Crippen molar-refractivity contribution in [3.05, 3.63) is 53.8 Å². The molecule has 2 aromatic carbocycles. The van der Waals surface area contributed by atoms with Gasteiger partial charge in [0.25, 0.3) is 0 Å². The molecule has 0 N–H and O–H groups in total. The van der Waals surface area contributed by atoms with Gasteiger partial charge in [-0.3, -0.25) is 0 Å². The first kappa shape index (κ1) is 11.9. The first-order chi connectivity index (χ1) is 8.74. The number of rotatable bonds is 3. The molecule has 18 heavy (non-hydrogen) atoms. The number of nitrogens with zero attached hydrogens (tertiary/aromatic N) is 1. The zero-order valence-corrected chi connectivity index (χ0v) is 9.68. The topological polar surface area (TPSA) is 42.2 Å². The number of hydrogen-bond donors (Lipinski definition) is 0. The fourth-order valence-corrected chi connectivity index (χ4v) is 1.50. The zero-order valence-electron chi connectivity index (χ0n) is 9.68. The van der Waals surface area contributed by atoms with E-state index in [-0.39, 0.29) is 5.56 Å². The lowest BCUT2D eigenvalue weighted by Gasteiger charge is -2.10. The lowest BCUT2D eigenvalue weighted by atomic mass is 10.2. The summed E-state index contributed by atoms with van der Waals surface area (Å²) in [6.07, 6.45) is 0. The van der Waals surface area contributed by atoms with Gasteiger partial charge in [-0.25, -0.2) is 4.39 Å². The Morgan fingerprint density at radius 2 is 1.78 bits per heavy atom. The maximum Gasteiger partial charge on any atom is 0.169 e. The Bertz CT molecular complexity index is 605. The maximum absolute atomic E-state index is 13.0. The van der Waals surface area contributed by atoms with Crippen LogP contribution in [0.3, 0.4) is 0 Å². The summed E-state index contributed by atoms with van der Waals surface area (Å²) in [5.41, 5.74) is 0.140. The minimum Gasteiger partial charge on any atom is -0.493 e. The van der Waals surface area contributed by atoms with Crippen molar-refractivity contribution in [3.63, 3.8) is 0 Å². The molecule has 2 aromatic rings. The molecule has 0 radical (unpaired) electrons. The van der Waals surface area contributed by atoms with Crippen LogP contribution in [0.25, 0.3) is 0 Å². The minimum atomic E-state index is -0.473. The number of nitriles is 1. The first-order valence-electron chi connectivity index (χ1n) is 5.25. The van der Waals surface area contributed by atoms with Gasteiger partial charge in [0.15, 0.2) is 11.5 Å². The van der Waals surface area contributed by atoms with Gasteiger partial charge in [-0.1, -0.05) is 12.1 Å². The van der Waals surface area contributed by atoms with Gasteiger partial charge in [-0.2, -0.15) is 5.26 Å². The Balaban J connectivity index is 2.37. The first-order valence-corrected chi connectivity index (χ1v) is 5.25. The van der Waals surface area contributed by atoms with Crippen LogP contribution in [0.5, 0.6) is 17.2 Å². The van der Waals surface area contributed by atoms with Crippen molar-refractivity contribution in [2.24, 2.45) is 0 Å². The third kappa shape index (κ3) is 2.41. The Hall–Kier alpha value is -2.54. The molecule has 0 spiro atoms. The summed E-state index contributed by atoms with van der Waals surface area (Å²) in [6, 6.07) is 12.7. The maximum atomic E-state index is 13.0. The molecule has 90 valence electrons. The summed E-state index contributed by atoms with van der Waals surface area (Å²) in [5.74, 6) is 0.844. The monoisotopic (exact) mass is 243 g/mol. The lowest BCUT2D eigenvalue weighted by molar-refractivity contribution is 0.378. The molecule has 0 amide bonds. The molecule has 0 bridgehead atoms. The lowest BCUT2D eigenvalue weighted by Crippen LogP contribution is -1.92. The molecular weight excluding hydrogens is 233 g/mol. The van der Waals surface area contributed by atoms with Gasteiger partial charge in [0, 0.05) is 0 Å². The van der Waals surface area contributed by atoms with E-state index >= 15 is 0 Å². The number of ether oxygens (including phenoxy) is 2. The highest BCUT2D eigenvalue weighted by atomic mass is 19.1. The Labute approximate surface area is 104 Å². The van der Waals surface area contributed by atoms with Gasteiger partial charge in [-0.05, 0) is 30.3 Å². The highest BCUT2D eigenvalue weighted by Gasteiger charge is 2.09. The zero-order chi connectivity index (χ0) is 13.0. The van der Waals surface area contributed by atoms with Crippen molar-refractivity contribution in [3.8, 4) is 23.3 Å². The molecule has 0 heterocycles. The summed E-state index contributed by atoms with van der Waals surface area (Å²) in [6.45, 7) is 0. The quantitative estimate of drug-likeness (QED) is 0.828. The van der Waals surface area contributed by atoms with Gasteiger partial charge < -0.3 is 9.47 Å². The van der Waals surface area contributed by atoms with E-state index in [1.807, 2.05) is 12.1 Å². The van der Waals surface area contributed by atoms with E-state index in [0.29, 0.717) is 17.2 Å². The molecule has 4 heteroatoms. The van der Waals surface area contributed by atoms with E-state index < -0.39 is 5.82 Å². The smallest absolute Gasteiger partial charge is 0.169 e. The highest BCUT2D eigenvalue weighted by molar-refractivity contribution is 5.48. The summed E-state index contributed by atoms with van der Waals surface area (Å²) < 4.78 is 23.7. The second-order valence-electron chi connectivity index (χ2n) is 3.51. The van der Waals surface area contributed by atoms with Crippen LogP contribution in [0.2, 0.25) is 0 Å². The van der Waals surface area contributed by atoms with Crippen molar-refractivity contribution in [1.82, 2.24) is 0 Å². The van der Waals surface area contributed by atoms with E-state index in [2.05, 4.69) is 0 Å². The summed E-state index contributed by atoms with van der Waals surface area (Å²) in [7, 11) is 1.53. The van der Waals surface area contributed by atoms with Crippen LogP contribution in [0, 0.1) is 17.1 Å². The Morgan fingerprint density at radius 3 is 2.44 bits per heavy atom. The van der Waals surface area contributed by atoms with Crippen LogP contribution < -0.4 is 9.47 Å². The largest absolute Gasteiger partial charge is 0.493 e. The molecule has 0 unspecified atom stereocenters. The van der Waals surface area contributed by atoms with E-state index in [0.717, 1.165) is 6.07 Å². The molecule has 0 aliphatic rings.